The van der Waals surface area contributed by atoms with E-state index in [1.807, 2.05) is 18.2 Å². The van der Waals surface area contributed by atoms with E-state index < -0.39 is 0 Å². The molecule has 100 valence electrons. The lowest BCUT2D eigenvalue weighted by Gasteiger charge is -2.14. The molecule has 0 spiro atoms. The summed E-state index contributed by atoms with van der Waals surface area (Å²) >= 11 is 1.65. The van der Waals surface area contributed by atoms with Crippen molar-refractivity contribution >= 4 is 27.5 Å². The molecule has 1 saturated heterocycles. The lowest BCUT2D eigenvalue weighted by Crippen LogP contribution is -2.29. The largest absolute Gasteiger partial charge is 0.391 e. The number of aliphatic hydroxyl groups is 1. The lowest BCUT2D eigenvalue weighted by molar-refractivity contribution is -0.130. The monoisotopic (exact) mass is 276 g/mol. The molecule has 2 heterocycles. The highest BCUT2D eigenvalue weighted by atomic mass is 32.1. The predicted molar refractivity (Wildman–Crippen MR) is 75.1 cm³/mol. The molecular formula is C14H16N2O2S. The van der Waals surface area contributed by atoms with Gasteiger partial charge in [0.2, 0.25) is 5.91 Å². The Morgan fingerprint density at radius 3 is 3.05 bits per heavy atom. The Morgan fingerprint density at radius 1 is 1.47 bits per heavy atom. The fourth-order valence-corrected chi connectivity index (χ4v) is 3.33. The Hall–Kier alpha value is -1.46. The van der Waals surface area contributed by atoms with Crippen LogP contribution in [0, 0.1) is 0 Å². The maximum Gasteiger partial charge on any atom is 0.223 e. The molecular weight excluding hydrogens is 260 g/mol. The van der Waals surface area contributed by atoms with E-state index in [-0.39, 0.29) is 12.0 Å². The lowest BCUT2D eigenvalue weighted by atomic mass is 10.3. The van der Waals surface area contributed by atoms with Crippen LogP contribution in [0.5, 0.6) is 0 Å². The number of hydrogen-bond donors (Lipinski definition) is 1. The Labute approximate surface area is 115 Å². The van der Waals surface area contributed by atoms with E-state index in [4.69, 9.17) is 0 Å². The van der Waals surface area contributed by atoms with E-state index >= 15 is 0 Å². The van der Waals surface area contributed by atoms with Gasteiger partial charge in [0.05, 0.1) is 21.3 Å². The van der Waals surface area contributed by atoms with Crippen LogP contribution >= 0.6 is 11.3 Å². The minimum absolute atomic E-state index is 0.121. The molecule has 1 N–H and O–H groups in total. The van der Waals surface area contributed by atoms with Crippen LogP contribution in [-0.2, 0) is 11.2 Å². The number of aryl methyl sites for hydroxylation is 1. The number of aliphatic hydroxyl groups excluding tert-OH is 1. The molecule has 0 radical (unpaired) electrons. The molecule has 1 aliphatic heterocycles. The number of benzene rings is 1. The number of β-amino-alcohol motifs (C(OH)–C–C–N with tert-alkyl or cyclic N) is 1. The van der Waals surface area contributed by atoms with Crippen LogP contribution in [0.2, 0.25) is 0 Å². The van der Waals surface area contributed by atoms with Crippen LogP contribution in [0.3, 0.4) is 0 Å². The predicted octanol–water partition coefficient (Wildman–Crippen LogP) is 1.82. The SMILES string of the molecule is O=C(CCc1nc2ccccc2s1)N1CCC(O)C1. The summed E-state index contributed by atoms with van der Waals surface area (Å²) in [5, 5.41) is 10.4. The molecule has 1 amide bonds. The molecule has 2 aromatic rings. The third kappa shape index (κ3) is 2.77. The molecule has 1 aromatic heterocycles. The maximum atomic E-state index is 12.0. The molecule has 0 saturated carbocycles. The Kier molecular flexibility index (Phi) is 3.48. The fraction of sp³-hybridized carbons (Fsp3) is 0.429. The summed E-state index contributed by atoms with van der Waals surface area (Å²) in [4.78, 5) is 18.2. The summed E-state index contributed by atoms with van der Waals surface area (Å²) < 4.78 is 1.17. The van der Waals surface area contributed by atoms with Gasteiger partial charge in [-0.1, -0.05) is 12.1 Å². The number of nitrogens with zero attached hydrogens (tertiary/aromatic N) is 2. The van der Waals surface area contributed by atoms with Crippen LogP contribution < -0.4 is 0 Å². The topological polar surface area (TPSA) is 53.4 Å². The molecule has 0 bridgehead atoms. The van der Waals surface area contributed by atoms with Gasteiger partial charge >= 0.3 is 0 Å². The van der Waals surface area contributed by atoms with Crippen molar-refractivity contribution in [3.8, 4) is 0 Å². The molecule has 1 aliphatic rings. The highest BCUT2D eigenvalue weighted by molar-refractivity contribution is 7.18. The molecule has 0 aliphatic carbocycles. The quantitative estimate of drug-likeness (QED) is 0.930. The second kappa shape index (κ2) is 5.27. The number of thiazole rings is 1. The number of fused-ring (bicyclic) bond motifs is 1. The van der Waals surface area contributed by atoms with Gasteiger partial charge in [-0.3, -0.25) is 4.79 Å². The number of aromatic nitrogens is 1. The molecule has 1 fully saturated rings. The van der Waals surface area contributed by atoms with Crippen molar-refractivity contribution in [1.29, 1.82) is 0 Å². The van der Waals surface area contributed by atoms with Crippen LogP contribution in [0.1, 0.15) is 17.8 Å². The van der Waals surface area contributed by atoms with Gasteiger partial charge in [0.25, 0.3) is 0 Å². The minimum Gasteiger partial charge on any atom is -0.391 e. The first-order chi connectivity index (χ1) is 9.22. The number of likely N-dealkylation sites (tertiary alicyclic amines) is 1. The molecule has 1 atom stereocenters. The molecule has 1 aromatic carbocycles. The van der Waals surface area contributed by atoms with Crippen molar-refractivity contribution in [2.75, 3.05) is 13.1 Å². The van der Waals surface area contributed by atoms with Gasteiger partial charge in [-0.05, 0) is 18.6 Å². The van der Waals surface area contributed by atoms with E-state index in [0.29, 0.717) is 32.4 Å². The van der Waals surface area contributed by atoms with Crippen molar-refractivity contribution < 1.29 is 9.90 Å². The smallest absolute Gasteiger partial charge is 0.223 e. The van der Waals surface area contributed by atoms with E-state index in [9.17, 15) is 9.90 Å². The van der Waals surface area contributed by atoms with E-state index in [2.05, 4.69) is 11.1 Å². The van der Waals surface area contributed by atoms with Gasteiger partial charge in [-0.15, -0.1) is 11.3 Å². The summed E-state index contributed by atoms with van der Waals surface area (Å²) in [6.45, 7) is 1.17. The van der Waals surface area contributed by atoms with Crippen LogP contribution in [0.15, 0.2) is 24.3 Å². The highest BCUT2D eigenvalue weighted by Gasteiger charge is 2.24. The standard InChI is InChI=1S/C14H16N2O2S/c17-10-7-8-16(9-10)14(18)6-5-13-15-11-3-1-2-4-12(11)19-13/h1-4,10,17H,5-9H2. The van der Waals surface area contributed by atoms with E-state index in [1.165, 1.54) is 4.70 Å². The van der Waals surface area contributed by atoms with Gasteiger partial charge in [0.1, 0.15) is 0 Å². The normalized spacial score (nSPS) is 19.2. The fourth-order valence-electron chi connectivity index (χ4n) is 2.37. The second-order valence-electron chi connectivity index (χ2n) is 4.86. The average Bonchev–Trinajstić information content (AvgIpc) is 3.01. The molecule has 4 nitrogen and oxygen atoms in total. The Balaban J connectivity index is 1.61. The third-order valence-corrected chi connectivity index (χ3v) is 4.50. The van der Waals surface area contributed by atoms with E-state index in [0.717, 1.165) is 10.5 Å². The minimum atomic E-state index is -0.341. The number of carbonyl (C=O) groups excluding carboxylic acids is 1. The molecule has 19 heavy (non-hydrogen) atoms. The van der Waals surface area contributed by atoms with Crippen LogP contribution in [0.25, 0.3) is 10.2 Å². The molecule has 5 heteroatoms. The van der Waals surface area contributed by atoms with Gasteiger partial charge in [0.15, 0.2) is 0 Å². The highest BCUT2D eigenvalue weighted by Crippen LogP contribution is 2.22. The number of hydrogen-bond acceptors (Lipinski definition) is 4. The van der Waals surface area contributed by atoms with Crippen LogP contribution in [0.4, 0.5) is 0 Å². The van der Waals surface area contributed by atoms with Crippen molar-refractivity contribution in [3.05, 3.63) is 29.3 Å². The summed E-state index contributed by atoms with van der Waals surface area (Å²) in [5.74, 6) is 0.121. The van der Waals surface area contributed by atoms with E-state index in [1.54, 1.807) is 16.2 Å². The molecule has 1 unspecified atom stereocenters. The summed E-state index contributed by atoms with van der Waals surface area (Å²) in [6, 6.07) is 8.02. The number of para-hydroxylation sites is 1. The zero-order valence-corrected chi connectivity index (χ0v) is 11.4. The van der Waals surface area contributed by atoms with Gasteiger partial charge in [-0.2, -0.15) is 0 Å². The van der Waals surface area contributed by atoms with Crippen molar-refractivity contribution in [1.82, 2.24) is 9.88 Å². The zero-order chi connectivity index (χ0) is 13.2. The summed E-state index contributed by atoms with van der Waals surface area (Å²) in [5.41, 5.74) is 1.01. The van der Waals surface area contributed by atoms with Gasteiger partial charge in [0, 0.05) is 25.9 Å². The van der Waals surface area contributed by atoms with Gasteiger partial charge < -0.3 is 10.0 Å². The van der Waals surface area contributed by atoms with Crippen LogP contribution in [-0.4, -0.2) is 40.1 Å². The number of carbonyl (C=O) groups is 1. The maximum absolute atomic E-state index is 12.0. The zero-order valence-electron chi connectivity index (χ0n) is 10.6. The number of amides is 1. The van der Waals surface area contributed by atoms with Gasteiger partial charge in [-0.25, -0.2) is 4.98 Å². The number of rotatable bonds is 3. The average molecular weight is 276 g/mol. The second-order valence-corrected chi connectivity index (χ2v) is 5.97. The third-order valence-electron chi connectivity index (χ3n) is 3.41. The molecule has 3 rings (SSSR count). The summed E-state index contributed by atoms with van der Waals surface area (Å²) in [6.07, 6.45) is 1.52. The van der Waals surface area contributed by atoms with Crippen molar-refractivity contribution in [3.63, 3.8) is 0 Å². The first kappa shape index (κ1) is 12.6. The Morgan fingerprint density at radius 2 is 2.32 bits per heavy atom. The first-order valence-electron chi connectivity index (χ1n) is 6.52. The first-order valence-corrected chi connectivity index (χ1v) is 7.34. The van der Waals surface area contributed by atoms with Crippen molar-refractivity contribution in [2.45, 2.75) is 25.4 Å². The summed E-state index contributed by atoms with van der Waals surface area (Å²) in [7, 11) is 0. The van der Waals surface area contributed by atoms with Crippen molar-refractivity contribution in [2.24, 2.45) is 0 Å². The Bertz CT molecular complexity index is 563.